The number of aliphatic hydroxyl groups is 1. The van der Waals surface area contributed by atoms with E-state index in [0.29, 0.717) is 19.5 Å². The second-order valence-electron chi connectivity index (χ2n) is 5.46. The Morgan fingerprint density at radius 3 is 2.91 bits per heavy atom. The summed E-state index contributed by atoms with van der Waals surface area (Å²) in [6.45, 7) is 2.92. The summed E-state index contributed by atoms with van der Waals surface area (Å²) in [5.41, 5.74) is 2.04. The lowest BCUT2D eigenvalue weighted by atomic mass is 10.2. The highest BCUT2D eigenvalue weighted by Crippen LogP contribution is 2.27. The minimum Gasteiger partial charge on any atom is -0.392 e. The van der Waals surface area contributed by atoms with Gasteiger partial charge in [-0.05, 0) is 13.3 Å². The molecule has 1 aromatic heterocycles. The lowest BCUT2D eigenvalue weighted by Crippen LogP contribution is -2.39. The van der Waals surface area contributed by atoms with Gasteiger partial charge in [0.05, 0.1) is 24.4 Å². The molecule has 2 heterocycles. The Hall–Kier alpha value is -1.76. The SMILES string of the molecule is Cc1nc(-c2ccccc2)sc1CNC(=O)C1CC(O)CN1. The zero-order chi connectivity index (χ0) is 15.5. The van der Waals surface area contributed by atoms with Crippen molar-refractivity contribution in [1.82, 2.24) is 15.6 Å². The first-order valence-electron chi connectivity index (χ1n) is 7.34. The Balaban J connectivity index is 1.64. The molecule has 2 aromatic rings. The summed E-state index contributed by atoms with van der Waals surface area (Å²) in [6.07, 6.45) is 0.0496. The molecular weight excluding hydrogens is 298 g/mol. The molecule has 1 aliphatic heterocycles. The number of amides is 1. The highest BCUT2D eigenvalue weighted by molar-refractivity contribution is 7.15. The van der Waals surface area contributed by atoms with E-state index < -0.39 is 6.10 Å². The lowest BCUT2D eigenvalue weighted by Gasteiger charge is -2.10. The van der Waals surface area contributed by atoms with E-state index in [0.717, 1.165) is 21.1 Å². The molecule has 2 atom stereocenters. The van der Waals surface area contributed by atoms with Gasteiger partial charge in [-0.2, -0.15) is 0 Å². The van der Waals surface area contributed by atoms with Gasteiger partial charge in [-0.3, -0.25) is 4.79 Å². The molecule has 1 fully saturated rings. The van der Waals surface area contributed by atoms with Crippen LogP contribution in [0.5, 0.6) is 0 Å². The molecule has 1 aliphatic rings. The molecule has 0 aliphatic carbocycles. The van der Waals surface area contributed by atoms with Crippen molar-refractivity contribution in [3.8, 4) is 10.6 Å². The van der Waals surface area contributed by atoms with Crippen LogP contribution in [0, 0.1) is 6.92 Å². The molecule has 0 spiro atoms. The van der Waals surface area contributed by atoms with Crippen molar-refractivity contribution in [1.29, 1.82) is 0 Å². The van der Waals surface area contributed by atoms with Gasteiger partial charge in [0.2, 0.25) is 5.91 Å². The van der Waals surface area contributed by atoms with Gasteiger partial charge >= 0.3 is 0 Å². The lowest BCUT2D eigenvalue weighted by molar-refractivity contribution is -0.123. The Labute approximate surface area is 133 Å². The molecule has 1 aromatic carbocycles. The third kappa shape index (κ3) is 3.35. The molecule has 116 valence electrons. The highest BCUT2D eigenvalue weighted by Gasteiger charge is 2.27. The van der Waals surface area contributed by atoms with Crippen LogP contribution in [0.15, 0.2) is 30.3 Å². The van der Waals surface area contributed by atoms with Gasteiger partial charge in [0.15, 0.2) is 0 Å². The smallest absolute Gasteiger partial charge is 0.237 e. The van der Waals surface area contributed by atoms with E-state index >= 15 is 0 Å². The second-order valence-corrected chi connectivity index (χ2v) is 6.55. The summed E-state index contributed by atoms with van der Waals surface area (Å²) >= 11 is 1.60. The molecule has 0 saturated carbocycles. The quantitative estimate of drug-likeness (QED) is 0.798. The van der Waals surface area contributed by atoms with Crippen LogP contribution in [0.25, 0.3) is 10.6 Å². The first kappa shape index (κ1) is 15.1. The molecule has 5 nitrogen and oxygen atoms in total. The van der Waals surface area contributed by atoms with Gasteiger partial charge in [-0.25, -0.2) is 4.98 Å². The molecule has 0 radical (unpaired) electrons. The Kier molecular flexibility index (Phi) is 4.52. The van der Waals surface area contributed by atoms with Gasteiger partial charge < -0.3 is 15.7 Å². The predicted molar refractivity (Wildman–Crippen MR) is 86.5 cm³/mol. The largest absolute Gasteiger partial charge is 0.392 e. The standard InChI is InChI=1S/C16H19N3O2S/c1-10-14(9-18-15(21)13-7-12(20)8-17-13)22-16(19-10)11-5-3-2-4-6-11/h2-6,12-13,17,20H,7-9H2,1H3,(H,18,21). The summed E-state index contributed by atoms with van der Waals surface area (Å²) in [5.74, 6) is -0.0642. The van der Waals surface area contributed by atoms with Crippen molar-refractivity contribution >= 4 is 17.2 Å². The number of nitrogens with zero attached hydrogens (tertiary/aromatic N) is 1. The number of hydrogen-bond acceptors (Lipinski definition) is 5. The predicted octanol–water partition coefficient (Wildman–Crippen LogP) is 1.46. The van der Waals surface area contributed by atoms with Crippen LogP contribution >= 0.6 is 11.3 Å². The first-order valence-corrected chi connectivity index (χ1v) is 8.16. The molecule has 1 amide bonds. The minimum atomic E-state index is -0.425. The molecular formula is C16H19N3O2S. The van der Waals surface area contributed by atoms with Crippen molar-refractivity contribution in [3.63, 3.8) is 0 Å². The third-order valence-corrected chi connectivity index (χ3v) is 4.97. The maximum atomic E-state index is 12.1. The van der Waals surface area contributed by atoms with Crippen molar-refractivity contribution in [2.45, 2.75) is 32.0 Å². The van der Waals surface area contributed by atoms with E-state index in [1.165, 1.54) is 0 Å². The number of nitrogens with one attached hydrogen (secondary N) is 2. The molecule has 22 heavy (non-hydrogen) atoms. The van der Waals surface area contributed by atoms with Crippen molar-refractivity contribution in [2.24, 2.45) is 0 Å². The van der Waals surface area contributed by atoms with Crippen LogP contribution in [0.3, 0.4) is 0 Å². The molecule has 0 bridgehead atoms. The number of hydrogen-bond donors (Lipinski definition) is 3. The number of aryl methyl sites for hydroxylation is 1. The monoisotopic (exact) mass is 317 g/mol. The normalized spacial score (nSPS) is 21.0. The van der Waals surface area contributed by atoms with Crippen LogP contribution in [0.1, 0.15) is 17.0 Å². The topological polar surface area (TPSA) is 74.2 Å². The summed E-state index contributed by atoms with van der Waals surface area (Å²) in [4.78, 5) is 17.7. The molecule has 3 N–H and O–H groups in total. The van der Waals surface area contributed by atoms with Crippen molar-refractivity contribution in [2.75, 3.05) is 6.54 Å². The maximum absolute atomic E-state index is 12.1. The number of β-amino-alcohol motifs (C(OH)–C–C–N with tert-alkyl or cyclic N) is 1. The highest BCUT2D eigenvalue weighted by atomic mass is 32.1. The minimum absolute atomic E-state index is 0.0642. The van der Waals surface area contributed by atoms with E-state index in [1.807, 2.05) is 37.3 Å². The number of benzene rings is 1. The Bertz CT molecular complexity index is 657. The van der Waals surface area contributed by atoms with Crippen LogP contribution < -0.4 is 10.6 Å². The molecule has 1 saturated heterocycles. The Morgan fingerprint density at radius 2 is 2.23 bits per heavy atom. The van der Waals surface area contributed by atoms with E-state index in [4.69, 9.17) is 0 Å². The van der Waals surface area contributed by atoms with E-state index in [-0.39, 0.29) is 11.9 Å². The molecule has 3 rings (SSSR count). The first-order chi connectivity index (χ1) is 10.6. The van der Waals surface area contributed by atoms with E-state index in [9.17, 15) is 9.90 Å². The number of aromatic nitrogens is 1. The number of thiazole rings is 1. The van der Waals surface area contributed by atoms with Gasteiger partial charge in [-0.15, -0.1) is 11.3 Å². The third-order valence-electron chi connectivity index (χ3n) is 3.76. The van der Waals surface area contributed by atoms with E-state index in [2.05, 4.69) is 15.6 Å². The van der Waals surface area contributed by atoms with Crippen LogP contribution in [-0.4, -0.2) is 34.7 Å². The molecule has 6 heteroatoms. The van der Waals surface area contributed by atoms with Crippen LogP contribution in [0.4, 0.5) is 0 Å². The van der Waals surface area contributed by atoms with Gasteiger partial charge in [0.1, 0.15) is 5.01 Å². The van der Waals surface area contributed by atoms with Gasteiger partial charge in [0.25, 0.3) is 0 Å². The summed E-state index contributed by atoms with van der Waals surface area (Å²) in [7, 11) is 0. The number of carbonyl (C=O) groups excluding carboxylic acids is 1. The number of rotatable bonds is 4. The summed E-state index contributed by atoms with van der Waals surface area (Å²) in [6, 6.07) is 9.73. The number of carbonyl (C=O) groups is 1. The van der Waals surface area contributed by atoms with Crippen molar-refractivity contribution < 1.29 is 9.90 Å². The average molecular weight is 317 g/mol. The molecule has 2 unspecified atom stereocenters. The summed E-state index contributed by atoms with van der Waals surface area (Å²) in [5, 5.41) is 16.4. The summed E-state index contributed by atoms with van der Waals surface area (Å²) < 4.78 is 0. The zero-order valence-electron chi connectivity index (χ0n) is 12.4. The zero-order valence-corrected chi connectivity index (χ0v) is 13.2. The van der Waals surface area contributed by atoms with Gasteiger partial charge in [0, 0.05) is 17.0 Å². The van der Waals surface area contributed by atoms with E-state index in [1.54, 1.807) is 11.3 Å². The van der Waals surface area contributed by atoms with Crippen LogP contribution in [-0.2, 0) is 11.3 Å². The van der Waals surface area contributed by atoms with Crippen molar-refractivity contribution in [3.05, 3.63) is 40.9 Å². The number of aliphatic hydroxyl groups excluding tert-OH is 1. The fraction of sp³-hybridized carbons (Fsp3) is 0.375. The van der Waals surface area contributed by atoms with Crippen LogP contribution in [0.2, 0.25) is 0 Å². The van der Waals surface area contributed by atoms with Gasteiger partial charge in [-0.1, -0.05) is 30.3 Å². The second kappa shape index (κ2) is 6.56. The average Bonchev–Trinajstić information content (AvgIpc) is 3.12. The fourth-order valence-electron chi connectivity index (χ4n) is 2.50. The Morgan fingerprint density at radius 1 is 1.45 bits per heavy atom. The maximum Gasteiger partial charge on any atom is 0.237 e. The fourth-order valence-corrected chi connectivity index (χ4v) is 3.51.